The van der Waals surface area contributed by atoms with E-state index in [1.165, 1.54) is 0 Å². The summed E-state index contributed by atoms with van der Waals surface area (Å²) >= 11 is 0. The Balaban J connectivity index is 1.31. The molecule has 0 spiro atoms. The van der Waals surface area contributed by atoms with Crippen molar-refractivity contribution in [1.82, 2.24) is 20.0 Å². The molecule has 2 N–H and O–H groups in total. The number of likely N-dealkylation sites (tertiary alicyclic amines) is 1. The van der Waals surface area contributed by atoms with Gasteiger partial charge in [0.1, 0.15) is 11.4 Å². The van der Waals surface area contributed by atoms with E-state index in [1.807, 2.05) is 84.9 Å². The summed E-state index contributed by atoms with van der Waals surface area (Å²) < 4.78 is 7.27. The van der Waals surface area contributed by atoms with Crippen LogP contribution >= 0.6 is 0 Å². The zero-order chi connectivity index (χ0) is 25.6. The van der Waals surface area contributed by atoms with Crippen LogP contribution in [0.2, 0.25) is 0 Å². The highest BCUT2D eigenvalue weighted by molar-refractivity contribution is 6.00. The highest BCUT2D eigenvalue weighted by Crippen LogP contribution is 2.32. The predicted octanol–water partition coefficient (Wildman–Crippen LogP) is 4.97. The van der Waals surface area contributed by atoms with Crippen molar-refractivity contribution in [3.8, 4) is 22.7 Å². The Morgan fingerprint density at radius 1 is 0.892 bits per heavy atom. The monoisotopic (exact) mass is 495 g/mol. The van der Waals surface area contributed by atoms with Crippen LogP contribution in [0.1, 0.15) is 23.2 Å². The van der Waals surface area contributed by atoms with Crippen molar-refractivity contribution in [2.24, 2.45) is 0 Å². The van der Waals surface area contributed by atoms with Crippen molar-refractivity contribution < 1.29 is 14.3 Å². The van der Waals surface area contributed by atoms with Crippen LogP contribution in [0.3, 0.4) is 0 Å². The second-order valence-electron chi connectivity index (χ2n) is 8.90. The van der Waals surface area contributed by atoms with Gasteiger partial charge in [0.05, 0.1) is 18.4 Å². The molecule has 1 saturated heterocycles. The maximum absolute atomic E-state index is 13.5. The molecule has 188 valence electrons. The number of methoxy groups -OCH3 is 1. The number of carbonyl (C=O) groups is 2. The number of amides is 3. The normalized spacial score (nSPS) is 13.7. The van der Waals surface area contributed by atoms with E-state index in [-0.39, 0.29) is 18.0 Å². The quantitative estimate of drug-likeness (QED) is 0.395. The van der Waals surface area contributed by atoms with Gasteiger partial charge in [0.2, 0.25) is 0 Å². The predicted molar refractivity (Wildman–Crippen MR) is 143 cm³/mol. The molecule has 4 aromatic rings. The molecule has 0 bridgehead atoms. The summed E-state index contributed by atoms with van der Waals surface area (Å²) in [5.41, 5.74) is 3.39. The number of urea groups is 1. The Labute approximate surface area is 215 Å². The van der Waals surface area contributed by atoms with Crippen LogP contribution in [0.15, 0.2) is 91.1 Å². The van der Waals surface area contributed by atoms with Gasteiger partial charge < -0.3 is 20.3 Å². The third-order valence-corrected chi connectivity index (χ3v) is 6.48. The van der Waals surface area contributed by atoms with Crippen molar-refractivity contribution >= 4 is 17.6 Å². The molecule has 0 aliphatic carbocycles. The Morgan fingerprint density at radius 2 is 1.54 bits per heavy atom. The number of para-hydroxylation sites is 3. The van der Waals surface area contributed by atoms with Gasteiger partial charge in [-0.2, -0.15) is 5.10 Å². The molecule has 5 rings (SSSR count). The van der Waals surface area contributed by atoms with Gasteiger partial charge in [0.25, 0.3) is 5.91 Å². The number of hydrogen-bond acceptors (Lipinski definition) is 4. The van der Waals surface area contributed by atoms with Crippen molar-refractivity contribution in [2.45, 2.75) is 18.9 Å². The number of carbonyl (C=O) groups excluding carboxylic acids is 2. The molecule has 3 aromatic carbocycles. The first-order valence-corrected chi connectivity index (χ1v) is 12.3. The summed E-state index contributed by atoms with van der Waals surface area (Å²) in [6, 6.07) is 26.5. The van der Waals surface area contributed by atoms with Gasteiger partial charge in [-0.3, -0.25) is 4.79 Å². The molecule has 1 fully saturated rings. The molecule has 3 amide bonds. The number of aromatic nitrogens is 2. The molecule has 8 nitrogen and oxygen atoms in total. The molecule has 1 aliphatic heterocycles. The third kappa shape index (κ3) is 5.48. The van der Waals surface area contributed by atoms with Crippen molar-refractivity contribution in [3.05, 3.63) is 96.7 Å². The topological polar surface area (TPSA) is 88.5 Å². The Kier molecular flexibility index (Phi) is 7.16. The summed E-state index contributed by atoms with van der Waals surface area (Å²) in [5, 5.41) is 10.9. The number of ether oxygens (including phenoxy) is 1. The van der Waals surface area contributed by atoms with Gasteiger partial charge in [-0.25, -0.2) is 9.48 Å². The molecule has 8 heteroatoms. The fourth-order valence-electron chi connectivity index (χ4n) is 4.51. The van der Waals surface area contributed by atoms with E-state index in [4.69, 9.17) is 9.84 Å². The van der Waals surface area contributed by atoms with E-state index >= 15 is 0 Å². The highest BCUT2D eigenvalue weighted by Gasteiger charge is 2.27. The molecule has 37 heavy (non-hydrogen) atoms. The molecular weight excluding hydrogens is 466 g/mol. The number of rotatable bonds is 6. The van der Waals surface area contributed by atoms with E-state index in [2.05, 4.69) is 10.6 Å². The van der Waals surface area contributed by atoms with E-state index in [0.717, 1.165) is 16.9 Å². The SMILES string of the molecule is COc1ccccc1-c1nn(-c2ccccc2)cc1C(=O)NC1CCN(C(=O)Nc2ccccc2)CC1. The number of nitrogens with zero attached hydrogens (tertiary/aromatic N) is 3. The number of benzene rings is 3. The van der Waals surface area contributed by atoms with Crippen molar-refractivity contribution in [1.29, 1.82) is 0 Å². The summed E-state index contributed by atoms with van der Waals surface area (Å²) in [6.45, 7) is 1.12. The van der Waals surface area contributed by atoms with Crippen molar-refractivity contribution in [3.63, 3.8) is 0 Å². The smallest absolute Gasteiger partial charge is 0.321 e. The molecule has 1 aliphatic rings. The second kappa shape index (κ2) is 11.0. The Bertz CT molecular complexity index is 1360. The summed E-state index contributed by atoms with van der Waals surface area (Å²) in [6.07, 6.45) is 3.10. The van der Waals surface area contributed by atoms with Crippen LogP contribution in [0.4, 0.5) is 10.5 Å². The lowest BCUT2D eigenvalue weighted by molar-refractivity contribution is 0.0920. The summed E-state index contributed by atoms with van der Waals surface area (Å²) in [7, 11) is 1.61. The molecule has 1 aromatic heterocycles. The van der Waals surface area contributed by atoms with E-state index < -0.39 is 0 Å². The number of hydrogen-bond donors (Lipinski definition) is 2. The first-order valence-electron chi connectivity index (χ1n) is 12.3. The Hall–Kier alpha value is -4.59. The van der Waals surface area contributed by atoms with Crippen LogP contribution in [0, 0.1) is 0 Å². The molecule has 2 heterocycles. The van der Waals surface area contributed by atoms with E-state index in [9.17, 15) is 9.59 Å². The minimum Gasteiger partial charge on any atom is -0.496 e. The lowest BCUT2D eigenvalue weighted by atomic mass is 10.0. The fraction of sp³-hybridized carbons (Fsp3) is 0.207. The van der Waals surface area contributed by atoms with Crippen LogP contribution in [0.25, 0.3) is 16.9 Å². The first-order chi connectivity index (χ1) is 18.1. The molecule has 0 atom stereocenters. The summed E-state index contributed by atoms with van der Waals surface area (Å²) in [5.74, 6) is 0.447. The maximum Gasteiger partial charge on any atom is 0.321 e. The lowest BCUT2D eigenvalue weighted by Crippen LogP contribution is -2.47. The fourth-order valence-corrected chi connectivity index (χ4v) is 4.51. The minimum atomic E-state index is -0.199. The largest absolute Gasteiger partial charge is 0.496 e. The standard InChI is InChI=1S/C29H29N5O3/c1-37-26-15-9-8-14-24(26)27-25(20-34(32-27)23-12-6-3-7-13-23)28(35)30-22-16-18-33(19-17-22)29(36)31-21-10-4-2-5-11-21/h2-15,20,22H,16-19H2,1H3,(H,30,35)(H,31,36). The zero-order valence-electron chi connectivity index (χ0n) is 20.6. The average molecular weight is 496 g/mol. The van der Waals surface area contributed by atoms with Gasteiger partial charge in [0, 0.05) is 36.6 Å². The number of nitrogens with one attached hydrogen (secondary N) is 2. The van der Waals surface area contributed by atoms with Crippen LogP contribution in [0.5, 0.6) is 5.75 Å². The number of piperidine rings is 1. The first kappa shape index (κ1) is 24.1. The van der Waals surface area contributed by atoms with Gasteiger partial charge in [-0.15, -0.1) is 0 Å². The molecular formula is C29H29N5O3. The van der Waals surface area contributed by atoms with E-state index in [1.54, 1.807) is 22.9 Å². The lowest BCUT2D eigenvalue weighted by Gasteiger charge is -2.32. The Morgan fingerprint density at radius 3 is 2.24 bits per heavy atom. The van der Waals surface area contributed by atoms with E-state index in [0.29, 0.717) is 42.9 Å². The second-order valence-corrected chi connectivity index (χ2v) is 8.90. The van der Waals surface area contributed by atoms with Crippen LogP contribution in [-0.2, 0) is 0 Å². The van der Waals surface area contributed by atoms with Crippen molar-refractivity contribution in [2.75, 3.05) is 25.5 Å². The average Bonchev–Trinajstić information content (AvgIpc) is 3.40. The number of anilines is 1. The maximum atomic E-state index is 13.5. The molecule has 0 unspecified atom stereocenters. The van der Waals surface area contributed by atoms with Gasteiger partial charge in [-0.05, 0) is 49.2 Å². The van der Waals surface area contributed by atoms with Crippen LogP contribution in [-0.4, -0.2) is 52.9 Å². The molecule has 0 radical (unpaired) electrons. The van der Waals surface area contributed by atoms with Gasteiger partial charge in [0.15, 0.2) is 0 Å². The highest BCUT2D eigenvalue weighted by atomic mass is 16.5. The molecule has 0 saturated carbocycles. The minimum absolute atomic E-state index is 0.0427. The van der Waals surface area contributed by atoms with Crippen LogP contribution < -0.4 is 15.4 Å². The van der Waals surface area contributed by atoms with Gasteiger partial charge in [-0.1, -0.05) is 48.5 Å². The summed E-state index contributed by atoms with van der Waals surface area (Å²) in [4.78, 5) is 27.9. The zero-order valence-corrected chi connectivity index (χ0v) is 20.6. The van der Waals surface area contributed by atoms with Gasteiger partial charge >= 0.3 is 6.03 Å². The third-order valence-electron chi connectivity index (χ3n) is 6.48.